The number of nitrogens with one attached hydrogen (secondary N) is 1. The van der Waals surface area contributed by atoms with Gasteiger partial charge in [0.15, 0.2) is 5.65 Å². The van der Waals surface area contributed by atoms with Gasteiger partial charge in [0.05, 0.1) is 12.4 Å². The predicted octanol–water partition coefficient (Wildman–Crippen LogP) is 2.95. The number of aliphatic hydroxyl groups is 1. The summed E-state index contributed by atoms with van der Waals surface area (Å²) in [6, 6.07) is 7.87. The molecule has 3 rings (SSSR count). The van der Waals surface area contributed by atoms with Crippen molar-refractivity contribution >= 4 is 22.9 Å². The van der Waals surface area contributed by atoms with Gasteiger partial charge in [0, 0.05) is 4.90 Å². The third-order valence-electron chi connectivity index (χ3n) is 3.05. The lowest BCUT2D eigenvalue weighted by Gasteiger charge is -2.08. The quantitative estimate of drug-likeness (QED) is 0.721. The number of aromatic nitrogens is 4. The largest absolute Gasteiger partial charge is 0.388 e. The van der Waals surface area contributed by atoms with Crippen LogP contribution in [0.2, 0.25) is 0 Å². The van der Waals surface area contributed by atoms with Crippen LogP contribution in [0, 0.1) is 0 Å². The first-order chi connectivity index (χ1) is 9.78. The second-order valence-corrected chi connectivity index (χ2v) is 5.44. The topological polar surface area (TPSA) is 74.7 Å². The smallest absolute Gasteiger partial charge is 0.181 e. The van der Waals surface area contributed by atoms with Gasteiger partial charge in [0.2, 0.25) is 0 Å². The third-order valence-corrected chi connectivity index (χ3v) is 4.07. The van der Waals surface area contributed by atoms with Crippen molar-refractivity contribution in [3.05, 3.63) is 42.5 Å². The summed E-state index contributed by atoms with van der Waals surface area (Å²) in [6.07, 6.45) is 3.45. The summed E-state index contributed by atoms with van der Waals surface area (Å²) < 4.78 is 0. The van der Waals surface area contributed by atoms with Gasteiger partial charge in [-0.05, 0) is 24.1 Å². The van der Waals surface area contributed by atoms with E-state index in [1.54, 1.807) is 18.1 Å². The van der Waals surface area contributed by atoms with Crippen LogP contribution >= 0.6 is 11.8 Å². The summed E-state index contributed by atoms with van der Waals surface area (Å²) in [4.78, 5) is 16.6. The van der Waals surface area contributed by atoms with E-state index < -0.39 is 6.10 Å². The molecule has 6 heteroatoms. The summed E-state index contributed by atoms with van der Waals surface area (Å²) in [5, 5.41) is 10.6. The van der Waals surface area contributed by atoms with Gasteiger partial charge in [0.25, 0.3) is 0 Å². The second-order valence-electron chi connectivity index (χ2n) is 4.38. The number of imidazole rings is 1. The molecule has 0 radical (unpaired) electrons. The van der Waals surface area contributed by atoms with Gasteiger partial charge in [-0.3, -0.25) is 0 Å². The van der Waals surface area contributed by atoms with Crippen molar-refractivity contribution in [1.82, 2.24) is 19.9 Å². The molecule has 0 fully saturated rings. The van der Waals surface area contributed by atoms with E-state index in [0.717, 1.165) is 21.0 Å². The first kappa shape index (κ1) is 13.1. The van der Waals surface area contributed by atoms with Gasteiger partial charge in [-0.15, -0.1) is 0 Å². The molecule has 102 valence electrons. The molecule has 0 amide bonds. The summed E-state index contributed by atoms with van der Waals surface area (Å²) >= 11 is 1.55. The van der Waals surface area contributed by atoms with Gasteiger partial charge < -0.3 is 10.1 Å². The SMILES string of the molecule is CCC(O)c1ccc(Sc2ncnc3nc[nH]c23)cc1. The van der Waals surface area contributed by atoms with Crippen LogP contribution in [0.25, 0.3) is 11.2 Å². The minimum absolute atomic E-state index is 0.396. The molecule has 20 heavy (non-hydrogen) atoms. The predicted molar refractivity (Wildman–Crippen MR) is 77.5 cm³/mol. The number of nitrogens with zero attached hydrogens (tertiary/aromatic N) is 3. The Hall–Kier alpha value is -1.92. The first-order valence-corrected chi connectivity index (χ1v) is 7.19. The van der Waals surface area contributed by atoms with Crippen molar-refractivity contribution in [2.75, 3.05) is 0 Å². The lowest BCUT2D eigenvalue weighted by Crippen LogP contribution is -1.94. The van der Waals surface area contributed by atoms with Crippen molar-refractivity contribution in [3.63, 3.8) is 0 Å². The molecule has 2 aromatic heterocycles. The number of fused-ring (bicyclic) bond motifs is 1. The van der Waals surface area contributed by atoms with Crippen LogP contribution in [0.1, 0.15) is 25.0 Å². The van der Waals surface area contributed by atoms with Crippen LogP contribution in [-0.2, 0) is 0 Å². The lowest BCUT2D eigenvalue weighted by molar-refractivity contribution is 0.173. The highest BCUT2D eigenvalue weighted by atomic mass is 32.2. The Morgan fingerprint density at radius 3 is 2.75 bits per heavy atom. The fraction of sp³-hybridized carbons (Fsp3) is 0.214. The zero-order valence-electron chi connectivity index (χ0n) is 10.9. The van der Waals surface area contributed by atoms with E-state index >= 15 is 0 Å². The number of benzene rings is 1. The number of hydrogen-bond acceptors (Lipinski definition) is 5. The van der Waals surface area contributed by atoms with Crippen LogP contribution in [0.5, 0.6) is 0 Å². The number of hydrogen-bond donors (Lipinski definition) is 2. The van der Waals surface area contributed by atoms with Crippen molar-refractivity contribution in [2.24, 2.45) is 0 Å². The number of aromatic amines is 1. The van der Waals surface area contributed by atoms with Gasteiger partial charge in [-0.1, -0.05) is 30.8 Å². The molecule has 1 atom stereocenters. The van der Waals surface area contributed by atoms with Gasteiger partial charge >= 0.3 is 0 Å². The maximum atomic E-state index is 9.78. The number of aliphatic hydroxyl groups excluding tert-OH is 1. The van der Waals surface area contributed by atoms with E-state index in [1.165, 1.54) is 6.33 Å². The van der Waals surface area contributed by atoms with E-state index in [2.05, 4.69) is 19.9 Å². The van der Waals surface area contributed by atoms with E-state index in [-0.39, 0.29) is 0 Å². The van der Waals surface area contributed by atoms with Crippen LogP contribution in [0.4, 0.5) is 0 Å². The molecule has 0 aliphatic heterocycles. The minimum Gasteiger partial charge on any atom is -0.388 e. The normalized spacial score (nSPS) is 12.7. The second kappa shape index (κ2) is 5.60. The van der Waals surface area contributed by atoms with Crippen LogP contribution in [0.3, 0.4) is 0 Å². The average molecular weight is 286 g/mol. The van der Waals surface area contributed by atoms with Crippen molar-refractivity contribution in [2.45, 2.75) is 29.4 Å². The van der Waals surface area contributed by atoms with Crippen molar-refractivity contribution in [3.8, 4) is 0 Å². The molecule has 0 saturated carbocycles. The van der Waals surface area contributed by atoms with Crippen molar-refractivity contribution < 1.29 is 5.11 Å². The molecular formula is C14H14N4OS. The standard InChI is InChI=1S/C14H14N4OS/c1-2-11(19)9-3-5-10(6-4-9)20-14-12-13(16-7-15-12)17-8-18-14/h3-8,11,19H,2H2,1H3,(H,15,16,17,18). The molecule has 0 aliphatic carbocycles. The average Bonchev–Trinajstić information content (AvgIpc) is 2.97. The summed E-state index contributed by atoms with van der Waals surface area (Å²) in [6.45, 7) is 1.96. The zero-order chi connectivity index (χ0) is 13.9. The van der Waals surface area contributed by atoms with Crippen molar-refractivity contribution in [1.29, 1.82) is 0 Å². The summed E-state index contributed by atoms with van der Waals surface area (Å²) in [5.74, 6) is 0. The molecule has 3 aromatic rings. The Kier molecular flexibility index (Phi) is 3.66. The van der Waals surface area contributed by atoms with E-state index in [1.807, 2.05) is 31.2 Å². The molecular weight excluding hydrogens is 272 g/mol. The minimum atomic E-state index is -0.396. The molecule has 2 heterocycles. The Morgan fingerprint density at radius 2 is 2.00 bits per heavy atom. The molecule has 0 aliphatic rings. The van der Waals surface area contributed by atoms with Crippen LogP contribution < -0.4 is 0 Å². The van der Waals surface area contributed by atoms with Gasteiger partial charge in [0.1, 0.15) is 16.9 Å². The van der Waals surface area contributed by atoms with E-state index in [9.17, 15) is 5.11 Å². The molecule has 0 saturated heterocycles. The van der Waals surface area contributed by atoms with Crippen LogP contribution in [0.15, 0.2) is 46.8 Å². The first-order valence-electron chi connectivity index (χ1n) is 6.38. The number of rotatable bonds is 4. The van der Waals surface area contributed by atoms with E-state index in [4.69, 9.17) is 0 Å². The van der Waals surface area contributed by atoms with Gasteiger partial charge in [-0.2, -0.15) is 0 Å². The molecule has 5 nitrogen and oxygen atoms in total. The highest BCUT2D eigenvalue weighted by molar-refractivity contribution is 7.99. The highest BCUT2D eigenvalue weighted by Crippen LogP contribution is 2.30. The molecule has 1 aromatic carbocycles. The van der Waals surface area contributed by atoms with E-state index in [0.29, 0.717) is 12.1 Å². The maximum Gasteiger partial charge on any atom is 0.181 e. The lowest BCUT2D eigenvalue weighted by atomic mass is 10.1. The summed E-state index contributed by atoms with van der Waals surface area (Å²) in [5.41, 5.74) is 2.45. The molecule has 2 N–H and O–H groups in total. The fourth-order valence-electron chi connectivity index (χ4n) is 1.93. The third kappa shape index (κ3) is 2.52. The maximum absolute atomic E-state index is 9.78. The zero-order valence-corrected chi connectivity index (χ0v) is 11.8. The molecule has 1 unspecified atom stereocenters. The number of H-pyrrole nitrogens is 1. The monoisotopic (exact) mass is 286 g/mol. The Bertz CT molecular complexity index is 711. The van der Waals surface area contributed by atoms with Gasteiger partial charge in [-0.25, -0.2) is 15.0 Å². The Balaban J connectivity index is 1.86. The Labute approximate surface area is 120 Å². The molecule has 0 bridgehead atoms. The fourth-order valence-corrected chi connectivity index (χ4v) is 2.77. The summed E-state index contributed by atoms with van der Waals surface area (Å²) in [7, 11) is 0. The Morgan fingerprint density at radius 1 is 1.20 bits per heavy atom. The highest BCUT2D eigenvalue weighted by Gasteiger charge is 2.09. The van der Waals surface area contributed by atoms with Crippen LogP contribution in [-0.4, -0.2) is 25.0 Å². The molecule has 0 spiro atoms.